The second-order valence-electron chi connectivity index (χ2n) is 6.14. The van der Waals surface area contributed by atoms with Gasteiger partial charge in [0.25, 0.3) is 0 Å². The van der Waals surface area contributed by atoms with Gasteiger partial charge in [-0.15, -0.1) is 11.3 Å². The second-order valence-corrected chi connectivity index (χ2v) is 7.08. The molecule has 1 unspecified atom stereocenters. The van der Waals surface area contributed by atoms with E-state index in [1.807, 2.05) is 0 Å². The van der Waals surface area contributed by atoms with E-state index in [2.05, 4.69) is 11.8 Å². The number of carbonyl (C=O) groups is 1. The molecule has 0 spiro atoms. The van der Waals surface area contributed by atoms with Crippen LogP contribution in [0.3, 0.4) is 0 Å². The van der Waals surface area contributed by atoms with Crippen molar-refractivity contribution in [2.45, 2.75) is 56.4 Å². The summed E-state index contributed by atoms with van der Waals surface area (Å²) in [5.41, 5.74) is -0.307. The number of amides is 1. The summed E-state index contributed by atoms with van der Waals surface area (Å²) >= 11 is 1.24. The Kier molecular flexibility index (Phi) is 6.49. The van der Waals surface area contributed by atoms with Crippen molar-refractivity contribution in [2.24, 2.45) is 0 Å². The summed E-state index contributed by atoms with van der Waals surface area (Å²) in [7, 11) is 0. The molecule has 1 amide bonds. The maximum Gasteiger partial charge on any atom is 0.471 e. The Balaban J connectivity index is 1.87. The van der Waals surface area contributed by atoms with Crippen LogP contribution in [0.5, 0.6) is 0 Å². The molecule has 2 rings (SSSR count). The normalized spacial score (nSPS) is 18.1. The molecule has 138 valence electrons. The van der Waals surface area contributed by atoms with Crippen molar-refractivity contribution in [2.75, 3.05) is 6.54 Å². The highest BCUT2D eigenvalue weighted by atomic mass is 32.1. The monoisotopic (exact) mass is 375 g/mol. The third-order valence-corrected chi connectivity index (χ3v) is 5.06. The topological polar surface area (TPSA) is 69.6 Å². The van der Waals surface area contributed by atoms with E-state index in [-0.39, 0.29) is 13.0 Å². The molecule has 1 fully saturated rings. The zero-order chi connectivity index (χ0) is 18.5. The first-order valence-electron chi connectivity index (χ1n) is 8.07. The van der Waals surface area contributed by atoms with E-state index in [0.717, 1.165) is 19.3 Å². The van der Waals surface area contributed by atoms with E-state index in [9.17, 15) is 28.2 Å². The van der Waals surface area contributed by atoms with Gasteiger partial charge in [-0.25, -0.2) is 0 Å². The van der Waals surface area contributed by atoms with Gasteiger partial charge in [0.05, 0.1) is 6.10 Å². The van der Waals surface area contributed by atoms with E-state index in [1.165, 1.54) is 11.3 Å². The number of nitrogens with one attached hydrogen (secondary N) is 1. The number of alkyl halides is 3. The molecular formula is C17H20F3NO3S. The standard InChI is InChI=1S/C17H20F3NO3S/c18-17(19,20)15(23)21-9-5-13(22)14-10-12(11-25-14)4-8-16(24)6-2-1-3-7-16/h10-11,13,22,24H,1-3,5-7,9H2,(H,21,23). The first kappa shape index (κ1) is 19.8. The lowest BCUT2D eigenvalue weighted by Gasteiger charge is -2.26. The minimum atomic E-state index is -4.92. The minimum absolute atomic E-state index is 0.0286. The predicted octanol–water partition coefficient (Wildman–Crippen LogP) is 2.90. The van der Waals surface area contributed by atoms with E-state index in [4.69, 9.17) is 0 Å². The number of aliphatic hydroxyl groups excluding tert-OH is 1. The van der Waals surface area contributed by atoms with E-state index >= 15 is 0 Å². The van der Waals surface area contributed by atoms with Crippen molar-refractivity contribution in [3.63, 3.8) is 0 Å². The molecular weight excluding hydrogens is 355 g/mol. The van der Waals surface area contributed by atoms with Crippen LogP contribution in [-0.2, 0) is 4.79 Å². The van der Waals surface area contributed by atoms with Gasteiger partial charge >= 0.3 is 12.1 Å². The van der Waals surface area contributed by atoms with Gasteiger partial charge < -0.3 is 15.5 Å². The molecule has 0 aromatic carbocycles. The molecule has 1 aliphatic rings. The van der Waals surface area contributed by atoms with Crippen LogP contribution in [0.1, 0.15) is 55.1 Å². The van der Waals surface area contributed by atoms with Crippen molar-refractivity contribution >= 4 is 17.2 Å². The Morgan fingerprint density at radius 3 is 2.68 bits per heavy atom. The van der Waals surface area contributed by atoms with Crippen LogP contribution in [0.2, 0.25) is 0 Å². The molecule has 0 aliphatic heterocycles. The molecule has 1 saturated carbocycles. The average molecular weight is 375 g/mol. The molecule has 0 radical (unpaired) electrons. The third-order valence-electron chi connectivity index (χ3n) is 4.03. The lowest BCUT2D eigenvalue weighted by Crippen LogP contribution is -2.37. The Labute approximate surface area is 148 Å². The number of rotatable bonds is 4. The van der Waals surface area contributed by atoms with Gasteiger partial charge in [0.2, 0.25) is 0 Å². The lowest BCUT2D eigenvalue weighted by atomic mass is 9.85. The molecule has 1 atom stereocenters. The highest BCUT2D eigenvalue weighted by Gasteiger charge is 2.38. The van der Waals surface area contributed by atoms with Gasteiger partial charge in [0.15, 0.2) is 0 Å². The molecule has 1 aromatic rings. The first-order chi connectivity index (χ1) is 11.7. The summed E-state index contributed by atoms with van der Waals surface area (Å²) in [4.78, 5) is 11.3. The summed E-state index contributed by atoms with van der Waals surface area (Å²) in [6.45, 7) is -0.280. The van der Waals surface area contributed by atoms with Gasteiger partial charge in [-0.1, -0.05) is 18.3 Å². The molecule has 0 saturated heterocycles. The van der Waals surface area contributed by atoms with Crippen molar-refractivity contribution in [3.8, 4) is 11.8 Å². The maximum atomic E-state index is 12.1. The van der Waals surface area contributed by atoms with Crippen LogP contribution in [0.25, 0.3) is 0 Å². The number of halogens is 3. The van der Waals surface area contributed by atoms with E-state index < -0.39 is 23.8 Å². The average Bonchev–Trinajstić information content (AvgIpc) is 3.02. The van der Waals surface area contributed by atoms with Gasteiger partial charge in [0, 0.05) is 22.4 Å². The minimum Gasteiger partial charge on any atom is -0.388 e. The molecule has 4 nitrogen and oxygen atoms in total. The highest BCUT2D eigenvalue weighted by Crippen LogP contribution is 2.28. The summed E-state index contributed by atoms with van der Waals surface area (Å²) in [5, 5.41) is 23.8. The van der Waals surface area contributed by atoms with Crippen molar-refractivity contribution in [1.82, 2.24) is 5.32 Å². The summed E-state index contributed by atoms with van der Waals surface area (Å²) in [6, 6.07) is 1.65. The largest absolute Gasteiger partial charge is 0.471 e. The Hall–Kier alpha value is -1.56. The number of aliphatic hydroxyl groups is 2. The van der Waals surface area contributed by atoms with Gasteiger partial charge in [-0.3, -0.25) is 4.79 Å². The van der Waals surface area contributed by atoms with Crippen LogP contribution >= 0.6 is 11.3 Å². The van der Waals surface area contributed by atoms with Gasteiger partial charge in [-0.05, 0) is 38.2 Å². The summed E-state index contributed by atoms with van der Waals surface area (Å²) in [5.74, 6) is 3.78. The van der Waals surface area contributed by atoms with Crippen LogP contribution in [0.4, 0.5) is 13.2 Å². The van der Waals surface area contributed by atoms with E-state index in [0.29, 0.717) is 23.3 Å². The fraction of sp³-hybridized carbons (Fsp3) is 0.588. The molecule has 3 N–H and O–H groups in total. The van der Waals surface area contributed by atoms with Gasteiger partial charge in [-0.2, -0.15) is 13.2 Å². The Morgan fingerprint density at radius 2 is 2.04 bits per heavy atom. The molecule has 1 aromatic heterocycles. The van der Waals surface area contributed by atoms with Crippen molar-refractivity contribution < 1.29 is 28.2 Å². The predicted molar refractivity (Wildman–Crippen MR) is 87.9 cm³/mol. The number of carbonyl (C=O) groups excluding carboxylic acids is 1. The molecule has 25 heavy (non-hydrogen) atoms. The Morgan fingerprint density at radius 1 is 1.36 bits per heavy atom. The number of hydrogen-bond acceptors (Lipinski definition) is 4. The lowest BCUT2D eigenvalue weighted by molar-refractivity contribution is -0.173. The molecule has 8 heteroatoms. The van der Waals surface area contributed by atoms with Crippen LogP contribution < -0.4 is 5.32 Å². The second kappa shape index (κ2) is 8.21. The molecule has 1 heterocycles. The Bertz CT molecular complexity index is 654. The highest BCUT2D eigenvalue weighted by molar-refractivity contribution is 7.10. The SMILES string of the molecule is O=C(NCCC(O)c1cc(C#CC2(O)CCCCC2)cs1)C(F)(F)F. The number of hydrogen-bond donors (Lipinski definition) is 3. The fourth-order valence-corrected chi connectivity index (χ4v) is 3.47. The van der Waals surface area contributed by atoms with Crippen LogP contribution in [0, 0.1) is 11.8 Å². The maximum absolute atomic E-state index is 12.1. The van der Waals surface area contributed by atoms with Gasteiger partial charge in [0.1, 0.15) is 5.60 Å². The zero-order valence-corrected chi connectivity index (χ0v) is 14.3. The molecule has 1 aliphatic carbocycles. The quantitative estimate of drug-likeness (QED) is 0.709. The van der Waals surface area contributed by atoms with E-state index in [1.54, 1.807) is 16.8 Å². The van der Waals surface area contributed by atoms with Crippen molar-refractivity contribution in [3.05, 3.63) is 21.9 Å². The number of thiophene rings is 1. The van der Waals surface area contributed by atoms with Crippen LogP contribution in [-0.4, -0.2) is 34.4 Å². The van der Waals surface area contributed by atoms with Crippen LogP contribution in [0.15, 0.2) is 11.4 Å². The smallest absolute Gasteiger partial charge is 0.388 e. The fourth-order valence-electron chi connectivity index (χ4n) is 2.61. The van der Waals surface area contributed by atoms with Crippen molar-refractivity contribution in [1.29, 1.82) is 0 Å². The molecule has 0 bridgehead atoms. The third kappa shape index (κ3) is 6.03. The summed E-state index contributed by atoms with van der Waals surface area (Å²) < 4.78 is 36.2. The zero-order valence-electron chi connectivity index (χ0n) is 13.5. The summed E-state index contributed by atoms with van der Waals surface area (Å²) in [6.07, 6.45) is -1.63. The first-order valence-corrected chi connectivity index (χ1v) is 8.95.